The van der Waals surface area contributed by atoms with Gasteiger partial charge in [-0.2, -0.15) is 0 Å². The Balaban J connectivity index is 1.39. The van der Waals surface area contributed by atoms with Crippen molar-refractivity contribution in [2.24, 2.45) is 0 Å². The summed E-state index contributed by atoms with van der Waals surface area (Å²) in [6, 6.07) is 13.3. The fourth-order valence-corrected chi connectivity index (χ4v) is 3.69. The van der Waals surface area contributed by atoms with Gasteiger partial charge in [-0.3, -0.25) is 9.59 Å². The van der Waals surface area contributed by atoms with Crippen LogP contribution in [0.1, 0.15) is 15.9 Å². The number of nitrogens with one attached hydrogen (secondary N) is 2. The summed E-state index contributed by atoms with van der Waals surface area (Å²) in [6.45, 7) is 0.450. The van der Waals surface area contributed by atoms with E-state index in [0.29, 0.717) is 23.5 Å². The highest BCUT2D eigenvalue weighted by Crippen LogP contribution is 2.32. The third-order valence-electron chi connectivity index (χ3n) is 4.08. The van der Waals surface area contributed by atoms with Crippen LogP contribution in [-0.2, 0) is 11.2 Å². The van der Waals surface area contributed by atoms with Crippen molar-refractivity contribution in [3.05, 3.63) is 53.6 Å². The first-order valence-corrected chi connectivity index (χ1v) is 8.77. The van der Waals surface area contributed by atoms with Gasteiger partial charge in [-0.15, -0.1) is 11.8 Å². The van der Waals surface area contributed by atoms with Crippen LogP contribution in [0.4, 0.5) is 5.69 Å². The molecule has 6 heteroatoms. The van der Waals surface area contributed by atoms with Gasteiger partial charge >= 0.3 is 0 Å². The van der Waals surface area contributed by atoms with Crippen LogP contribution >= 0.6 is 11.8 Å². The Morgan fingerprint density at radius 3 is 3.04 bits per heavy atom. The van der Waals surface area contributed by atoms with Gasteiger partial charge in [0.15, 0.2) is 0 Å². The Bertz CT molecular complexity index is 797. The van der Waals surface area contributed by atoms with Crippen LogP contribution in [0, 0.1) is 0 Å². The average molecular weight is 340 g/mol. The lowest BCUT2D eigenvalue weighted by molar-refractivity contribution is -0.113. The van der Waals surface area contributed by atoms with E-state index in [1.165, 1.54) is 17.3 Å². The lowest BCUT2D eigenvalue weighted by atomic mass is 10.1. The molecule has 1 unspecified atom stereocenters. The average Bonchev–Trinajstić information content (AvgIpc) is 3.02. The molecule has 2 N–H and O–H groups in total. The number of fused-ring (bicyclic) bond motifs is 2. The second kappa shape index (κ2) is 6.20. The van der Waals surface area contributed by atoms with Crippen LogP contribution < -0.4 is 15.4 Å². The Kier molecular flexibility index (Phi) is 3.90. The third-order valence-corrected chi connectivity index (χ3v) is 5.15. The van der Waals surface area contributed by atoms with E-state index in [9.17, 15) is 9.59 Å². The zero-order valence-electron chi connectivity index (χ0n) is 12.9. The molecule has 2 aromatic carbocycles. The molecule has 1 atom stereocenters. The molecular formula is C18H16N2O3S. The minimum Gasteiger partial charge on any atom is -0.488 e. The van der Waals surface area contributed by atoms with Crippen molar-refractivity contribution in [2.75, 3.05) is 17.6 Å². The van der Waals surface area contributed by atoms with E-state index in [2.05, 4.69) is 10.6 Å². The molecule has 2 aromatic rings. The Morgan fingerprint density at radius 2 is 2.17 bits per heavy atom. The lowest BCUT2D eigenvalue weighted by Crippen LogP contribution is -2.34. The van der Waals surface area contributed by atoms with Crippen LogP contribution in [0.5, 0.6) is 5.75 Å². The molecule has 0 fully saturated rings. The van der Waals surface area contributed by atoms with Gasteiger partial charge in [0.1, 0.15) is 11.9 Å². The standard InChI is InChI=1S/C18H16N2O3S/c21-17-10-24-16-6-5-12(8-14(16)20-17)18(22)19-9-13-7-11-3-1-2-4-15(11)23-13/h1-6,8,13H,7,9-10H2,(H,19,22)(H,20,21). The maximum Gasteiger partial charge on any atom is 0.251 e. The van der Waals surface area contributed by atoms with Crippen molar-refractivity contribution in [1.29, 1.82) is 0 Å². The normalized spacial score (nSPS) is 18.2. The highest BCUT2D eigenvalue weighted by atomic mass is 32.2. The van der Waals surface area contributed by atoms with Gasteiger partial charge in [-0.1, -0.05) is 18.2 Å². The van der Waals surface area contributed by atoms with E-state index < -0.39 is 0 Å². The second-order valence-corrected chi connectivity index (χ2v) is 6.83. The van der Waals surface area contributed by atoms with E-state index in [-0.39, 0.29) is 17.9 Å². The van der Waals surface area contributed by atoms with Crippen molar-refractivity contribution >= 4 is 29.3 Å². The number of anilines is 1. The maximum absolute atomic E-state index is 12.4. The molecule has 24 heavy (non-hydrogen) atoms. The molecule has 2 amide bonds. The second-order valence-electron chi connectivity index (χ2n) is 5.81. The number of carbonyl (C=O) groups excluding carboxylic acids is 2. The fourth-order valence-electron chi connectivity index (χ4n) is 2.90. The minimum absolute atomic E-state index is 0.0396. The molecule has 0 aromatic heterocycles. The summed E-state index contributed by atoms with van der Waals surface area (Å²) in [4.78, 5) is 24.8. The number of para-hydroxylation sites is 1. The molecule has 0 saturated heterocycles. The number of amides is 2. The molecule has 4 rings (SSSR count). The van der Waals surface area contributed by atoms with Crippen LogP contribution in [0.3, 0.4) is 0 Å². The van der Waals surface area contributed by atoms with Gasteiger partial charge in [0.25, 0.3) is 5.91 Å². The molecule has 0 radical (unpaired) electrons. The largest absolute Gasteiger partial charge is 0.488 e. The molecule has 2 aliphatic heterocycles. The van der Waals surface area contributed by atoms with Gasteiger partial charge in [-0.25, -0.2) is 0 Å². The fraction of sp³-hybridized carbons (Fsp3) is 0.222. The highest BCUT2D eigenvalue weighted by molar-refractivity contribution is 8.00. The summed E-state index contributed by atoms with van der Waals surface area (Å²) in [5.74, 6) is 1.10. The summed E-state index contributed by atoms with van der Waals surface area (Å²) in [5.41, 5.74) is 2.41. The topological polar surface area (TPSA) is 67.4 Å². The Morgan fingerprint density at radius 1 is 1.29 bits per heavy atom. The van der Waals surface area contributed by atoms with E-state index in [4.69, 9.17) is 4.74 Å². The first kappa shape index (κ1) is 15.1. The molecule has 0 aliphatic carbocycles. The number of ether oxygens (including phenoxy) is 1. The SMILES string of the molecule is O=C1CSc2ccc(C(=O)NCC3Cc4ccccc4O3)cc2N1. The van der Waals surface area contributed by atoms with Gasteiger partial charge in [0.05, 0.1) is 18.0 Å². The third kappa shape index (κ3) is 2.97. The first-order chi connectivity index (χ1) is 11.7. The van der Waals surface area contributed by atoms with Crippen molar-refractivity contribution in [1.82, 2.24) is 5.32 Å². The van der Waals surface area contributed by atoms with E-state index in [1.54, 1.807) is 12.1 Å². The Labute approximate surface area is 143 Å². The van der Waals surface area contributed by atoms with Crippen LogP contribution in [-0.4, -0.2) is 30.2 Å². The van der Waals surface area contributed by atoms with E-state index >= 15 is 0 Å². The molecule has 122 valence electrons. The van der Waals surface area contributed by atoms with Gasteiger partial charge < -0.3 is 15.4 Å². The predicted octanol–water partition coefficient (Wildman–Crippen LogP) is 2.46. The van der Waals surface area contributed by atoms with Crippen molar-refractivity contribution in [2.45, 2.75) is 17.4 Å². The smallest absolute Gasteiger partial charge is 0.251 e. The summed E-state index contributed by atoms with van der Waals surface area (Å²) in [5, 5.41) is 5.71. The monoisotopic (exact) mass is 340 g/mol. The zero-order chi connectivity index (χ0) is 16.5. The highest BCUT2D eigenvalue weighted by Gasteiger charge is 2.23. The number of benzene rings is 2. The molecule has 0 bridgehead atoms. The number of rotatable bonds is 3. The summed E-state index contributed by atoms with van der Waals surface area (Å²) >= 11 is 1.48. The quantitative estimate of drug-likeness (QED) is 0.901. The maximum atomic E-state index is 12.4. The van der Waals surface area contributed by atoms with E-state index in [1.807, 2.05) is 30.3 Å². The van der Waals surface area contributed by atoms with Crippen molar-refractivity contribution < 1.29 is 14.3 Å². The summed E-state index contributed by atoms with van der Waals surface area (Å²) < 4.78 is 5.82. The molecule has 2 aliphatic rings. The number of hydrogen-bond donors (Lipinski definition) is 2. The molecule has 5 nitrogen and oxygen atoms in total. The van der Waals surface area contributed by atoms with Gasteiger partial charge in [-0.05, 0) is 29.8 Å². The van der Waals surface area contributed by atoms with Crippen molar-refractivity contribution in [3.63, 3.8) is 0 Å². The Hall–Kier alpha value is -2.47. The minimum atomic E-state index is -0.165. The predicted molar refractivity (Wildman–Crippen MR) is 92.7 cm³/mol. The van der Waals surface area contributed by atoms with Crippen LogP contribution in [0.15, 0.2) is 47.4 Å². The molecule has 2 heterocycles. The lowest BCUT2D eigenvalue weighted by Gasteiger charge is -2.17. The number of carbonyl (C=O) groups is 2. The summed E-state index contributed by atoms with van der Waals surface area (Å²) in [7, 11) is 0. The molecule has 0 saturated carbocycles. The number of thioether (sulfide) groups is 1. The van der Waals surface area contributed by atoms with E-state index in [0.717, 1.165) is 17.1 Å². The van der Waals surface area contributed by atoms with Gasteiger partial charge in [0.2, 0.25) is 5.91 Å². The summed E-state index contributed by atoms with van der Waals surface area (Å²) in [6.07, 6.45) is 0.757. The molecule has 0 spiro atoms. The van der Waals surface area contributed by atoms with Gasteiger partial charge in [0, 0.05) is 16.9 Å². The van der Waals surface area contributed by atoms with Crippen LogP contribution in [0.2, 0.25) is 0 Å². The van der Waals surface area contributed by atoms with Crippen molar-refractivity contribution in [3.8, 4) is 5.75 Å². The zero-order valence-corrected chi connectivity index (χ0v) is 13.7. The first-order valence-electron chi connectivity index (χ1n) is 7.78. The molecular weight excluding hydrogens is 324 g/mol. The van der Waals surface area contributed by atoms with Crippen LogP contribution in [0.25, 0.3) is 0 Å². The number of hydrogen-bond acceptors (Lipinski definition) is 4.